The number of benzene rings is 2. The van der Waals surface area contributed by atoms with Crippen LogP contribution >= 0.6 is 0 Å². The molecule has 0 saturated heterocycles. The van der Waals surface area contributed by atoms with Crippen LogP contribution in [-0.4, -0.2) is 0 Å². The highest BCUT2D eigenvalue weighted by atomic mass is 16.5. The lowest BCUT2D eigenvalue weighted by Crippen LogP contribution is -2.02. The Labute approximate surface area is 90.3 Å². The van der Waals surface area contributed by atoms with Gasteiger partial charge in [0.2, 0.25) is 0 Å². The van der Waals surface area contributed by atoms with Crippen molar-refractivity contribution in [2.45, 2.75) is 13.0 Å². The first-order chi connectivity index (χ1) is 7.36. The Kier molecular flexibility index (Phi) is 3.03. The molecule has 1 radical (unpaired) electrons. The highest BCUT2D eigenvalue weighted by Gasteiger charge is 2.05. The summed E-state index contributed by atoms with van der Waals surface area (Å²) in [6.45, 7) is 2.05. The zero-order chi connectivity index (χ0) is 10.5. The Balaban J connectivity index is 2.08. The van der Waals surface area contributed by atoms with E-state index in [-0.39, 0.29) is 6.10 Å². The third-order valence-corrected chi connectivity index (χ3v) is 2.27. The fourth-order valence-electron chi connectivity index (χ4n) is 1.45. The standard InChI is InChI=1S/C14H13O/c1-12(13-8-4-2-5-9-13)15-14-10-6-3-7-11-14/h2,4-12H,1H3. The van der Waals surface area contributed by atoms with Crippen molar-refractivity contribution < 1.29 is 4.74 Å². The van der Waals surface area contributed by atoms with E-state index in [9.17, 15) is 0 Å². The van der Waals surface area contributed by atoms with Crippen LogP contribution in [0.15, 0.2) is 54.6 Å². The van der Waals surface area contributed by atoms with Crippen molar-refractivity contribution in [1.82, 2.24) is 0 Å². The molecule has 0 fully saturated rings. The van der Waals surface area contributed by atoms with E-state index in [0.717, 1.165) is 5.75 Å². The van der Waals surface area contributed by atoms with E-state index in [4.69, 9.17) is 4.74 Å². The molecule has 1 atom stereocenters. The minimum Gasteiger partial charge on any atom is -0.486 e. The Bertz CT molecular complexity index is 394. The first-order valence-electron chi connectivity index (χ1n) is 5.04. The summed E-state index contributed by atoms with van der Waals surface area (Å²) in [6, 6.07) is 20.7. The predicted octanol–water partition coefficient (Wildman–Crippen LogP) is 3.63. The van der Waals surface area contributed by atoms with Gasteiger partial charge in [-0.05, 0) is 30.7 Å². The molecular formula is C14H13O. The van der Waals surface area contributed by atoms with Crippen LogP contribution in [0, 0.1) is 6.07 Å². The maximum atomic E-state index is 5.78. The van der Waals surface area contributed by atoms with Crippen molar-refractivity contribution in [2.24, 2.45) is 0 Å². The fraction of sp³-hybridized carbons (Fsp3) is 0.143. The average molecular weight is 197 g/mol. The minimum atomic E-state index is 0.0774. The SMILES string of the molecule is CC(Oc1cc[c]cc1)c1ccccc1. The molecule has 0 aliphatic heterocycles. The van der Waals surface area contributed by atoms with Crippen LogP contribution in [0.25, 0.3) is 0 Å². The Morgan fingerprint density at radius 2 is 1.67 bits per heavy atom. The van der Waals surface area contributed by atoms with Crippen LogP contribution in [0.3, 0.4) is 0 Å². The van der Waals surface area contributed by atoms with Gasteiger partial charge < -0.3 is 4.74 Å². The van der Waals surface area contributed by atoms with E-state index in [1.54, 1.807) is 0 Å². The molecule has 2 aromatic rings. The quantitative estimate of drug-likeness (QED) is 0.730. The van der Waals surface area contributed by atoms with Crippen LogP contribution in [0.2, 0.25) is 0 Å². The van der Waals surface area contributed by atoms with Crippen molar-refractivity contribution in [2.75, 3.05) is 0 Å². The molecule has 0 spiro atoms. The van der Waals surface area contributed by atoms with E-state index >= 15 is 0 Å². The number of ether oxygens (including phenoxy) is 1. The molecule has 0 bridgehead atoms. The van der Waals surface area contributed by atoms with Gasteiger partial charge in [0.05, 0.1) is 0 Å². The van der Waals surface area contributed by atoms with Crippen LogP contribution in [0.4, 0.5) is 0 Å². The summed E-state index contributed by atoms with van der Waals surface area (Å²) in [5.41, 5.74) is 1.19. The lowest BCUT2D eigenvalue weighted by Gasteiger charge is -2.14. The van der Waals surface area contributed by atoms with E-state index in [2.05, 4.69) is 18.2 Å². The van der Waals surface area contributed by atoms with Gasteiger partial charge in [-0.2, -0.15) is 0 Å². The third-order valence-electron chi connectivity index (χ3n) is 2.27. The lowest BCUT2D eigenvalue weighted by atomic mass is 10.1. The summed E-state index contributed by atoms with van der Waals surface area (Å²) in [4.78, 5) is 0. The Hall–Kier alpha value is -1.76. The molecule has 0 heterocycles. The normalized spacial score (nSPS) is 12.1. The van der Waals surface area contributed by atoms with Gasteiger partial charge in [-0.25, -0.2) is 0 Å². The van der Waals surface area contributed by atoms with Gasteiger partial charge in [0.1, 0.15) is 11.9 Å². The molecule has 1 nitrogen and oxygen atoms in total. The molecule has 75 valence electrons. The minimum absolute atomic E-state index is 0.0774. The molecule has 0 N–H and O–H groups in total. The second-order valence-corrected chi connectivity index (χ2v) is 3.41. The topological polar surface area (TPSA) is 9.23 Å². The van der Waals surface area contributed by atoms with E-state index in [0.29, 0.717) is 0 Å². The van der Waals surface area contributed by atoms with Gasteiger partial charge in [0.25, 0.3) is 0 Å². The smallest absolute Gasteiger partial charge is 0.121 e. The largest absolute Gasteiger partial charge is 0.486 e. The van der Waals surface area contributed by atoms with Crippen molar-refractivity contribution in [3.8, 4) is 5.75 Å². The van der Waals surface area contributed by atoms with Crippen LogP contribution in [0.1, 0.15) is 18.6 Å². The summed E-state index contributed by atoms with van der Waals surface area (Å²) in [6.07, 6.45) is 0.0774. The summed E-state index contributed by atoms with van der Waals surface area (Å²) in [5.74, 6) is 0.880. The Morgan fingerprint density at radius 3 is 2.33 bits per heavy atom. The van der Waals surface area contributed by atoms with E-state index < -0.39 is 0 Å². The monoisotopic (exact) mass is 197 g/mol. The molecule has 1 heteroatoms. The molecule has 0 aliphatic rings. The average Bonchev–Trinajstić information content (AvgIpc) is 2.31. The molecule has 15 heavy (non-hydrogen) atoms. The number of hydrogen-bond acceptors (Lipinski definition) is 1. The lowest BCUT2D eigenvalue weighted by molar-refractivity contribution is 0.227. The molecule has 0 amide bonds. The molecule has 1 unspecified atom stereocenters. The molecule has 0 aromatic heterocycles. The van der Waals surface area contributed by atoms with Crippen molar-refractivity contribution in [3.63, 3.8) is 0 Å². The number of rotatable bonds is 3. The first kappa shape index (κ1) is 9.78. The zero-order valence-corrected chi connectivity index (χ0v) is 8.68. The van der Waals surface area contributed by atoms with Crippen molar-refractivity contribution in [3.05, 3.63) is 66.2 Å². The fourth-order valence-corrected chi connectivity index (χ4v) is 1.45. The molecule has 0 saturated carbocycles. The maximum Gasteiger partial charge on any atom is 0.121 e. The molecule has 2 aromatic carbocycles. The van der Waals surface area contributed by atoms with Crippen molar-refractivity contribution in [1.29, 1.82) is 0 Å². The van der Waals surface area contributed by atoms with Gasteiger partial charge in [-0.1, -0.05) is 42.5 Å². The maximum absolute atomic E-state index is 5.78. The second kappa shape index (κ2) is 4.65. The van der Waals surface area contributed by atoms with Gasteiger partial charge in [-0.15, -0.1) is 0 Å². The molecule has 0 aliphatic carbocycles. The van der Waals surface area contributed by atoms with Crippen LogP contribution in [0.5, 0.6) is 5.75 Å². The van der Waals surface area contributed by atoms with Crippen LogP contribution < -0.4 is 4.74 Å². The second-order valence-electron chi connectivity index (χ2n) is 3.41. The van der Waals surface area contributed by atoms with E-state index in [1.165, 1.54) is 5.56 Å². The highest BCUT2D eigenvalue weighted by Crippen LogP contribution is 2.20. The molecule has 2 rings (SSSR count). The summed E-state index contributed by atoms with van der Waals surface area (Å²) in [7, 11) is 0. The summed E-state index contributed by atoms with van der Waals surface area (Å²) < 4.78 is 5.78. The first-order valence-corrected chi connectivity index (χ1v) is 5.04. The van der Waals surface area contributed by atoms with Crippen molar-refractivity contribution >= 4 is 0 Å². The van der Waals surface area contributed by atoms with Gasteiger partial charge in [0, 0.05) is 0 Å². The van der Waals surface area contributed by atoms with Gasteiger partial charge in [-0.3, -0.25) is 0 Å². The highest BCUT2D eigenvalue weighted by molar-refractivity contribution is 5.23. The Morgan fingerprint density at radius 1 is 1.00 bits per heavy atom. The third kappa shape index (κ3) is 2.59. The number of hydrogen-bond donors (Lipinski definition) is 0. The predicted molar refractivity (Wildman–Crippen MR) is 60.8 cm³/mol. The zero-order valence-electron chi connectivity index (χ0n) is 8.68. The summed E-state index contributed by atoms with van der Waals surface area (Å²) in [5, 5.41) is 0. The molecular weight excluding hydrogens is 184 g/mol. The summed E-state index contributed by atoms with van der Waals surface area (Å²) >= 11 is 0. The van der Waals surface area contributed by atoms with Gasteiger partial charge in [0.15, 0.2) is 0 Å². The van der Waals surface area contributed by atoms with Gasteiger partial charge >= 0.3 is 0 Å². The van der Waals surface area contributed by atoms with Crippen LogP contribution in [-0.2, 0) is 0 Å². The van der Waals surface area contributed by atoms with E-state index in [1.807, 2.05) is 49.4 Å².